The zero-order valence-electron chi connectivity index (χ0n) is 13.9. The largest absolute Gasteiger partial charge is 0.506 e. The molecular formula is C19H23NO3. The third-order valence-corrected chi connectivity index (χ3v) is 4.19. The van der Waals surface area contributed by atoms with Crippen LogP contribution in [0.4, 0.5) is 0 Å². The quantitative estimate of drug-likeness (QED) is 0.938. The van der Waals surface area contributed by atoms with Crippen LogP contribution < -0.4 is 0 Å². The summed E-state index contributed by atoms with van der Waals surface area (Å²) >= 11 is 0. The van der Waals surface area contributed by atoms with E-state index >= 15 is 0 Å². The lowest BCUT2D eigenvalue weighted by molar-refractivity contribution is -0.172. The van der Waals surface area contributed by atoms with Gasteiger partial charge in [-0.15, -0.1) is 0 Å². The van der Waals surface area contributed by atoms with Crippen molar-refractivity contribution in [2.75, 3.05) is 0 Å². The number of aromatic hydroxyl groups is 1. The second kappa shape index (κ2) is 6.69. The second-order valence-electron chi connectivity index (χ2n) is 6.35. The van der Waals surface area contributed by atoms with Gasteiger partial charge in [0, 0.05) is 23.5 Å². The highest BCUT2D eigenvalue weighted by Gasteiger charge is 2.25. The summed E-state index contributed by atoms with van der Waals surface area (Å²) in [4.78, 5) is 4.61. The van der Waals surface area contributed by atoms with Gasteiger partial charge in [0.25, 0.3) is 0 Å². The summed E-state index contributed by atoms with van der Waals surface area (Å²) in [5, 5.41) is 10.4. The number of pyridine rings is 1. The van der Waals surface area contributed by atoms with E-state index in [1.54, 1.807) is 0 Å². The van der Waals surface area contributed by atoms with Crippen molar-refractivity contribution in [1.29, 1.82) is 0 Å². The van der Waals surface area contributed by atoms with Crippen molar-refractivity contribution in [3.63, 3.8) is 0 Å². The molecule has 1 aliphatic rings. The standard InChI is InChI=1S/C19H23NO3/c1-12(2)19-22-10-15-16(11-23-19)18(21)13(3)20-17(15)9-14-7-5-4-6-8-14/h4-8,12,19,21H,9-11H2,1-3H3. The Bertz CT molecular complexity index is 683. The van der Waals surface area contributed by atoms with E-state index in [4.69, 9.17) is 9.47 Å². The molecule has 1 unspecified atom stereocenters. The Balaban J connectivity index is 1.98. The Morgan fingerprint density at radius 2 is 1.78 bits per heavy atom. The molecule has 0 radical (unpaired) electrons. The van der Waals surface area contributed by atoms with Crippen molar-refractivity contribution in [3.05, 3.63) is 58.4 Å². The topological polar surface area (TPSA) is 51.6 Å². The molecule has 1 N–H and O–H groups in total. The predicted molar refractivity (Wildman–Crippen MR) is 88.1 cm³/mol. The van der Waals surface area contributed by atoms with Crippen molar-refractivity contribution >= 4 is 0 Å². The molecule has 0 fully saturated rings. The van der Waals surface area contributed by atoms with E-state index in [9.17, 15) is 5.11 Å². The van der Waals surface area contributed by atoms with Crippen molar-refractivity contribution in [2.45, 2.75) is 46.7 Å². The molecule has 122 valence electrons. The monoisotopic (exact) mass is 313 g/mol. The fourth-order valence-corrected chi connectivity index (χ4v) is 2.88. The van der Waals surface area contributed by atoms with Crippen molar-refractivity contribution in [1.82, 2.24) is 4.98 Å². The summed E-state index contributed by atoms with van der Waals surface area (Å²) in [7, 11) is 0. The molecule has 0 bridgehead atoms. The first-order valence-electron chi connectivity index (χ1n) is 8.03. The van der Waals surface area contributed by atoms with E-state index < -0.39 is 0 Å². The lowest BCUT2D eigenvalue weighted by Gasteiger charge is -2.18. The second-order valence-corrected chi connectivity index (χ2v) is 6.35. The van der Waals surface area contributed by atoms with Crippen LogP contribution >= 0.6 is 0 Å². The minimum atomic E-state index is -0.258. The third-order valence-electron chi connectivity index (χ3n) is 4.19. The summed E-state index contributed by atoms with van der Waals surface area (Å²) in [5.41, 5.74) is 4.56. The van der Waals surface area contributed by atoms with Crippen molar-refractivity contribution in [3.8, 4) is 5.75 Å². The van der Waals surface area contributed by atoms with Crippen LogP contribution in [0.3, 0.4) is 0 Å². The highest BCUT2D eigenvalue weighted by atomic mass is 16.7. The zero-order valence-corrected chi connectivity index (χ0v) is 13.9. The maximum Gasteiger partial charge on any atom is 0.160 e. The molecule has 4 heteroatoms. The van der Waals surface area contributed by atoms with Gasteiger partial charge in [-0.2, -0.15) is 0 Å². The van der Waals surface area contributed by atoms with Gasteiger partial charge in [-0.3, -0.25) is 4.98 Å². The Morgan fingerprint density at radius 3 is 2.43 bits per heavy atom. The third kappa shape index (κ3) is 3.38. The molecule has 2 heterocycles. The van der Waals surface area contributed by atoms with E-state index in [0.717, 1.165) is 23.2 Å². The van der Waals surface area contributed by atoms with Gasteiger partial charge in [-0.1, -0.05) is 44.2 Å². The number of ether oxygens (including phenoxy) is 2. The minimum absolute atomic E-state index is 0.227. The van der Waals surface area contributed by atoms with E-state index in [1.165, 1.54) is 5.56 Å². The molecule has 0 amide bonds. The average molecular weight is 313 g/mol. The molecule has 23 heavy (non-hydrogen) atoms. The number of aromatic nitrogens is 1. The van der Waals surface area contributed by atoms with Crippen LogP contribution in [0.15, 0.2) is 30.3 Å². The van der Waals surface area contributed by atoms with Gasteiger partial charge in [-0.25, -0.2) is 0 Å². The molecule has 0 saturated heterocycles. The van der Waals surface area contributed by atoms with Crippen molar-refractivity contribution < 1.29 is 14.6 Å². The molecule has 2 aromatic rings. The maximum absolute atomic E-state index is 10.4. The molecule has 0 aliphatic carbocycles. The Kier molecular flexibility index (Phi) is 4.64. The van der Waals surface area contributed by atoms with Gasteiger partial charge in [0.05, 0.1) is 24.6 Å². The van der Waals surface area contributed by atoms with Crippen LogP contribution in [0.25, 0.3) is 0 Å². The van der Waals surface area contributed by atoms with E-state index in [1.807, 2.05) is 25.1 Å². The first-order valence-corrected chi connectivity index (χ1v) is 8.03. The number of aryl methyl sites for hydroxylation is 1. The fraction of sp³-hybridized carbons (Fsp3) is 0.421. The molecule has 1 aromatic carbocycles. The first kappa shape index (κ1) is 16.0. The maximum atomic E-state index is 10.4. The van der Waals surface area contributed by atoms with Crippen LogP contribution in [0, 0.1) is 12.8 Å². The summed E-state index contributed by atoms with van der Waals surface area (Å²) in [5.74, 6) is 0.489. The van der Waals surface area contributed by atoms with Crippen LogP contribution in [0.2, 0.25) is 0 Å². The normalized spacial score (nSPS) is 17.8. The number of hydrogen-bond acceptors (Lipinski definition) is 4. The Hall–Kier alpha value is -1.91. The predicted octanol–water partition coefficient (Wildman–Crippen LogP) is 3.72. The fourth-order valence-electron chi connectivity index (χ4n) is 2.88. The molecule has 0 spiro atoms. The summed E-state index contributed by atoms with van der Waals surface area (Å²) < 4.78 is 11.7. The number of fused-ring (bicyclic) bond motifs is 1. The van der Waals surface area contributed by atoms with E-state index in [-0.39, 0.29) is 18.0 Å². The molecule has 0 saturated carbocycles. The molecular weight excluding hydrogens is 290 g/mol. The van der Waals surface area contributed by atoms with E-state index in [2.05, 4.69) is 31.0 Å². The zero-order chi connectivity index (χ0) is 16.4. The number of rotatable bonds is 3. The average Bonchev–Trinajstić information content (AvgIpc) is 2.77. The van der Waals surface area contributed by atoms with Gasteiger partial charge in [0.2, 0.25) is 0 Å². The minimum Gasteiger partial charge on any atom is -0.506 e. The van der Waals surface area contributed by atoms with Crippen LogP contribution in [0.5, 0.6) is 5.75 Å². The molecule has 1 aromatic heterocycles. The highest BCUT2D eigenvalue weighted by Crippen LogP contribution is 2.32. The van der Waals surface area contributed by atoms with Crippen LogP contribution in [0.1, 0.15) is 41.9 Å². The lowest BCUT2D eigenvalue weighted by atomic mass is 10.00. The van der Waals surface area contributed by atoms with Crippen molar-refractivity contribution in [2.24, 2.45) is 5.92 Å². The summed E-state index contributed by atoms with van der Waals surface area (Å²) in [6.07, 6.45) is 0.465. The van der Waals surface area contributed by atoms with Gasteiger partial charge >= 0.3 is 0 Å². The molecule has 3 rings (SSSR count). The Labute approximate surface area is 137 Å². The van der Waals surface area contributed by atoms with Gasteiger partial charge in [0.15, 0.2) is 6.29 Å². The smallest absolute Gasteiger partial charge is 0.160 e. The highest BCUT2D eigenvalue weighted by molar-refractivity contribution is 5.45. The van der Waals surface area contributed by atoms with Gasteiger partial charge < -0.3 is 14.6 Å². The van der Waals surface area contributed by atoms with E-state index in [0.29, 0.717) is 18.9 Å². The van der Waals surface area contributed by atoms with Crippen LogP contribution in [-0.4, -0.2) is 16.4 Å². The van der Waals surface area contributed by atoms with Gasteiger partial charge in [0.1, 0.15) is 5.75 Å². The molecule has 1 aliphatic heterocycles. The SMILES string of the molecule is Cc1nc(Cc2ccccc2)c2c(c1O)COC(C(C)C)OC2. The molecule has 4 nitrogen and oxygen atoms in total. The van der Waals surface area contributed by atoms with Gasteiger partial charge in [-0.05, 0) is 12.5 Å². The number of benzene rings is 1. The first-order chi connectivity index (χ1) is 11.1. The lowest BCUT2D eigenvalue weighted by Crippen LogP contribution is -2.21. The number of nitrogens with zero attached hydrogens (tertiary/aromatic N) is 1. The summed E-state index contributed by atoms with van der Waals surface area (Å²) in [6, 6.07) is 10.2. The number of hydrogen-bond donors (Lipinski definition) is 1. The van der Waals surface area contributed by atoms with Crippen LogP contribution in [-0.2, 0) is 29.1 Å². The Morgan fingerprint density at radius 1 is 1.13 bits per heavy atom. The summed E-state index contributed by atoms with van der Waals surface area (Å²) in [6.45, 7) is 6.73. The molecule has 1 atom stereocenters.